The van der Waals surface area contributed by atoms with Gasteiger partial charge in [-0.25, -0.2) is 8.42 Å². The third-order valence-corrected chi connectivity index (χ3v) is 4.80. The highest BCUT2D eigenvalue weighted by molar-refractivity contribution is 7.91. The molecule has 9 heteroatoms. The number of nitrogens with two attached hydrogens (primary N) is 1. The first-order valence-corrected chi connectivity index (χ1v) is 8.71. The molecule has 0 saturated heterocycles. The number of hydrogen-bond donors (Lipinski definition) is 2. The Morgan fingerprint density at radius 3 is 2.12 bits per heavy atom. The normalized spacial score (nSPS) is 14.2. The average molecular weight is 385 g/mol. The average Bonchev–Trinajstić information content (AvgIpc) is 2.46. The van der Waals surface area contributed by atoms with Crippen molar-refractivity contribution in [3.8, 4) is 0 Å². The van der Waals surface area contributed by atoms with Crippen molar-refractivity contribution < 1.29 is 22.0 Å². The van der Waals surface area contributed by atoms with E-state index in [1.807, 2.05) is 20.8 Å². The minimum absolute atomic E-state index is 0. The topological polar surface area (TPSA) is 89.3 Å². The van der Waals surface area contributed by atoms with Gasteiger partial charge in [-0.3, -0.25) is 4.79 Å². The molecule has 1 unspecified atom stereocenters. The van der Waals surface area contributed by atoms with Crippen molar-refractivity contribution in [2.75, 3.05) is 6.54 Å². The maximum absolute atomic E-state index is 12.5. The molecule has 1 amide bonds. The molecule has 0 spiro atoms. The summed E-state index contributed by atoms with van der Waals surface area (Å²) in [4.78, 5) is 11.7. The van der Waals surface area contributed by atoms with E-state index in [2.05, 4.69) is 5.32 Å². The van der Waals surface area contributed by atoms with Gasteiger partial charge in [0.25, 0.3) is 5.91 Å². The maximum atomic E-state index is 12.5. The minimum atomic E-state index is -4.66. The Kier molecular flexibility index (Phi) is 8.28. The van der Waals surface area contributed by atoms with E-state index < -0.39 is 31.9 Å². The first kappa shape index (κ1) is 22.8. The van der Waals surface area contributed by atoms with Gasteiger partial charge in [-0.15, -0.1) is 12.4 Å². The van der Waals surface area contributed by atoms with Gasteiger partial charge in [-0.05, 0) is 43.5 Å². The van der Waals surface area contributed by atoms with Crippen molar-refractivity contribution in [2.45, 2.75) is 43.4 Å². The Morgan fingerprint density at radius 1 is 1.25 bits per heavy atom. The monoisotopic (exact) mass is 384 g/mol. The van der Waals surface area contributed by atoms with Crippen LogP contribution in [0.3, 0.4) is 0 Å². The highest BCUT2D eigenvalue weighted by Crippen LogP contribution is 2.20. The number of benzene rings is 1. The molecule has 0 bridgehead atoms. The summed E-state index contributed by atoms with van der Waals surface area (Å²) in [5.74, 6) is -3.60. The molecule has 0 radical (unpaired) electrons. The number of carbonyl (C=O) groups is 1. The first-order chi connectivity index (χ1) is 10.5. The number of hydrogen-bond acceptors (Lipinski definition) is 4. The van der Waals surface area contributed by atoms with Crippen molar-refractivity contribution in [1.29, 1.82) is 0 Å². The van der Waals surface area contributed by atoms with Gasteiger partial charge in [-0.2, -0.15) is 8.78 Å². The van der Waals surface area contributed by atoms with Crippen molar-refractivity contribution in [2.24, 2.45) is 11.7 Å². The molecule has 138 valence electrons. The number of alkyl halides is 2. The van der Waals surface area contributed by atoms with Crippen LogP contribution in [0.1, 0.15) is 37.6 Å². The lowest BCUT2D eigenvalue weighted by Gasteiger charge is -2.31. The summed E-state index contributed by atoms with van der Waals surface area (Å²) in [6.07, 6.45) is 0.674. The molecule has 0 aliphatic carbocycles. The fourth-order valence-electron chi connectivity index (χ4n) is 2.33. The van der Waals surface area contributed by atoms with Crippen LogP contribution in [-0.2, 0) is 9.84 Å². The number of carbonyl (C=O) groups excluding carboxylic acids is 1. The molecule has 0 aliphatic rings. The van der Waals surface area contributed by atoms with E-state index in [1.165, 1.54) is 12.1 Å². The quantitative estimate of drug-likeness (QED) is 0.756. The Bertz CT molecular complexity index is 651. The van der Waals surface area contributed by atoms with Gasteiger partial charge < -0.3 is 11.1 Å². The fraction of sp³-hybridized carbons (Fsp3) is 0.533. The van der Waals surface area contributed by atoms with E-state index in [1.54, 1.807) is 0 Å². The zero-order chi connectivity index (χ0) is 17.8. The molecule has 1 rings (SSSR count). The van der Waals surface area contributed by atoms with Crippen LogP contribution in [0.5, 0.6) is 0 Å². The van der Waals surface area contributed by atoms with Gasteiger partial charge in [0.1, 0.15) is 0 Å². The van der Waals surface area contributed by atoms with E-state index >= 15 is 0 Å². The van der Waals surface area contributed by atoms with Gasteiger partial charge in [0.15, 0.2) is 0 Å². The summed E-state index contributed by atoms with van der Waals surface area (Å²) in [5.41, 5.74) is 5.30. The van der Waals surface area contributed by atoms with E-state index in [4.69, 9.17) is 5.73 Å². The van der Waals surface area contributed by atoms with Crippen LogP contribution in [0.2, 0.25) is 0 Å². The van der Waals surface area contributed by atoms with E-state index in [0.717, 1.165) is 12.1 Å². The molecular formula is C15H23ClF2N2O3S. The minimum Gasteiger partial charge on any atom is -0.346 e. The third kappa shape index (κ3) is 5.68. The van der Waals surface area contributed by atoms with Gasteiger partial charge in [0.2, 0.25) is 9.84 Å². The van der Waals surface area contributed by atoms with E-state index in [-0.39, 0.29) is 24.5 Å². The Balaban J connectivity index is 0.00000529. The predicted molar refractivity (Wildman–Crippen MR) is 91.3 cm³/mol. The maximum Gasteiger partial charge on any atom is 0.341 e. The molecule has 1 aromatic rings. The molecule has 0 heterocycles. The third-order valence-electron chi connectivity index (χ3n) is 3.40. The molecule has 5 nitrogen and oxygen atoms in total. The van der Waals surface area contributed by atoms with Crippen LogP contribution < -0.4 is 11.1 Å². The van der Waals surface area contributed by atoms with Crippen molar-refractivity contribution in [1.82, 2.24) is 5.32 Å². The number of amides is 1. The Labute approximate surface area is 147 Å². The lowest BCUT2D eigenvalue weighted by atomic mass is 9.90. The lowest BCUT2D eigenvalue weighted by Crippen LogP contribution is -2.52. The molecule has 1 atom stereocenters. The van der Waals surface area contributed by atoms with Crippen LogP contribution >= 0.6 is 12.4 Å². The Morgan fingerprint density at radius 2 is 1.75 bits per heavy atom. The van der Waals surface area contributed by atoms with Crippen molar-refractivity contribution >= 4 is 28.2 Å². The van der Waals surface area contributed by atoms with Crippen LogP contribution in [0.4, 0.5) is 8.78 Å². The highest BCUT2D eigenvalue weighted by Gasteiger charge is 2.28. The lowest BCUT2D eigenvalue weighted by molar-refractivity contribution is 0.0898. The summed E-state index contributed by atoms with van der Waals surface area (Å²) < 4.78 is 47.6. The number of rotatable bonds is 7. The van der Waals surface area contributed by atoms with Gasteiger partial charge in [-0.1, -0.05) is 13.8 Å². The second kappa shape index (κ2) is 8.73. The summed E-state index contributed by atoms with van der Waals surface area (Å²) >= 11 is 0. The summed E-state index contributed by atoms with van der Waals surface area (Å²) in [5, 5.41) is 2.81. The molecule has 0 aromatic heterocycles. The number of sulfone groups is 1. The molecule has 0 aliphatic heterocycles. The number of halogens is 3. The molecule has 3 N–H and O–H groups in total. The van der Waals surface area contributed by atoms with Crippen LogP contribution in [0.15, 0.2) is 29.2 Å². The second-order valence-corrected chi connectivity index (χ2v) is 8.06. The standard InChI is InChI=1S/C15H22F2N2O3S.ClH/c1-10(2)8-15(3,9-18)19-13(20)11-4-6-12(7-5-11)23(21,22)14(16)17;/h4-7,10,14H,8-9,18H2,1-3H3,(H,19,20);1H. The van der Waals surface area contributed by atoms with E-state index in [0.29, 0.717) is 12.3 Å². The van der Waals surface area contributed by atoms with Crippen molar-refractivity contribution in [3.63, 3.8) is 0 Å². The van der Waals surface area contributed by atoms with Gasteiger partial charge in [0, 0.05) is 17.6 Å². The van der Waals surface area contributed by atoms with Crippen molar-refractivity contribution in [3.05, 3.63) is 29.8 Å². The fourth-order valence-corrected chi connectivity index (χ4v) is 3.05. The van der Waals surface area contributed by atoms with E-state index in [9.17, 15) is 22.0 Å². The number of nitrogens with one attached hydrogen (secondary N) is 1. The summed E-state index contributed by atoms with van der Waals surface area (Å²) in [6.45, 7) is 6.07. The van der Waals surface area contributed by atoms with Crippen LogP contribution in [0.25, 0.3) is 0 Å². The first-order valence-electron chi connectivity index (χ1n) is 7.16. The smallest absolute Gasteiger partial charge is 0.341 e. The molecule has 1 aromatic carbocycles. The SMILES string of the molecule is CC(C)CC(C)(CN)NC(=O)c1ccc(S(=O)(=O)C(F)F)cc1.Cl. The Hall–Kier alpha value is -1.25. The molecule has 24 heavy (non-hydrogen) atoms. The zero-order valence-corrected chi connectivity index (χ0v) is 15.4. The molecular weight excluding hydrogens is 362 g/mol. The van der Waals surface area contributed by atoms with Crippen LogP contribution in [-0.4, -0.2) is 32.2 Å². The molecule has 0 saturated carbocycles. The highest BCUT2D eigenvalue weighted by atomic mass is 35.5. The van der Waals surface area contributed by atoms with Gasteiger partial charge >= 0.3 is 5.76 Å². The predicted octanol–water partition coefficient (Wildman–Crippen LogP) is 2.60. The largest absolute Gasteiger partial charge is 0.346 e. The second-order valence-electron chi connectivity index (χ2n) is 6.15. The van der Waals surface area contributed by atoms with Gasteiger partial charge in [0.05, 0.1) is 4.90 Å². The molecule has 0 fully saturated rings. The summed E-state index contributed by atoms with van der Waals surface area (Å²) in [6, 6.07) is 4.41. The zero-order valence-electron chi connectivity index (χ0n) is 13.8. The van der Waals surface area contributed by atoms with Crippen LogP contribution in [0, 0.1) is 5.92 Å². The summed E-state index contributed by atoms with van der Waals surface area (Å²) in [7, 11) is -4.66.